The maximum Gasteiger partial charge on any atom is 0.326 e. The second kappa shape index (κ2) is 7.20. The Hall–Kier alpha value is -3.73. The molecule has 0 unspecified atom stereocenters. The van der Waals surface area contributed by atoms with Crippen molar-refractivity contribution in [2.24, 2.45) is 5.41 Å². The highest BCUT2D eigenvalue weighted by molar-refractivity contribution is 6.21. The molecule has 4 nitrogen and oxygen atoms in total. The average Bonchev–Trinajstić information content (AvgIpc) is 3.28. The number of hydrogen-bond acceptors (Lipinski definition) is 4. The number of fused-ring (bicyclic) bond motifs is 3. The molecule has 2 atom stereocenters. The van der Waals surface area contributed by atoms with Crippen LogP contribution in [0.5, 0.6) is 0 Å². The Balaban J connectivity index is 1.77. The maximum atomic E-state index is 13.8. The van der Waals surface area contributed by atoms with Gasteiger partial charge in [-0.25, -0.2) is 4.39 Å². The van der Waals surface area contributed by atoms with Crippen molar-refractivity contribution >= 4 is 23.5 Å². The molecule has 0 amide bonds. The van der Waals surface area contributed by atoms with Crippen molar-refractivity contribution in [3.05, 3.63) is 107 Å². The summed E-state index contributed by atoms with van der Waals surface area (Å²) in [6, 6.07) is 22.6. The molecule has 1 aliphatic heterocycles. The van der Waals surface area contributed by atoms with Gasteiger partial charge in [0.2, 0.25) is 0 Å². The number of para-hydroxylation sites is 1. The van der Waals surface area contributed by atoms with Crippen LogP contribution in [0.4, 0.5) is 10.1 Å². The summed E-state index contributed by atoms with van der Waals surface area (Å²) >= 11 is 0. The van der Waals surface area contributed by atoms with E-state index in [9.17, 15) is 14.0 Å². The van der Waals surface area contributed by atoms with Crippen molar-refractivity contribution in [2.45, 2.75) is 6.04 Å². The van der Waals surface area contributed by atoms with Crippen molar-refractivity contribution in [1.29, 1.82) is 0 Å². The minimum Gasteiger partial charge on any atom is -0.468 e. The van der Waals surface area contributed by atoms with Crippen LogP contribution < -0.4 is 4.90 Å². The summed E-state index contributed by atoms with van der Waals surface area (Å²) in [7, 11) is 1.31. The van der Waals surface area contributed by atoms with E-state index in [2.05, 4.69) is 4.90 Å². The van der Waals surface area contributed by atoms with Crippen molar-refractivity contribution in [1.82, 2.24) is 0 Å². The van der Waals surface area contributed by atoms with E-state index in [0.29, 0.717) is 17.7 Å². The van der Waals surface area contributed by atoms with Gasteiger partial charge in [-0.3, -0.25) is 9.59 Å². The molecule has 1 saturated heterocycles. The maximum absolute atomic E-state index is 13.8. The molecule has 1 heterocycles. The van der Waals surface area contributed by atoms with Gasteiger partial charge in [-0.1, -0.05) is 60.7 Å². The summed E-state index contributed by atoms with van der Waals surface area (Å²) in [6.45, 7) is 0.376. The lowest BCUT2D eigenvalue weighted by atomic mass is 9.75. The largest absolute Gasteiger partial charge is 0.468 e. The molecule has 0 spiro atoms. The third-order valence-corrected chi connectivity index (χ3v) is 6.23. The normalized spacial score (nSPS) is 23.0. The zero-order valence-corrected chi connectivity index (χ0v) is 16.9. The molecular weight excluding hydrogens is 393 g/mol. The number of anilines is 1. The highest BCUT2D eigenvalue weighted by Crippen LogP contribution is 2.59. The van der Waals surface area contributed by atoms with Crippen LogP contribution in [0.3, 0.4) is 0 Å². The number of ether oxygens (including phenoxy) is 1. The first-order valence-electron chi connectivity index (χ1n) is 10.1. The number of esters is 1. The second-order valence-corrected chi connectivity index (χ2v) is 7.80. The van der Waals surface area contributed by atoms with E-state index in [1.165, 1.54) is 19.2 Å². The van der Waals surface area contributed by atoms with Gasteiger partial charge < -0.3 is 9.64 Å². The Morgan fingerprint density at radius 1 is 1.03 bits per heavy atom. The molecule has 3 aromatic rings. The average molecular weight is 413 g/mol. The highest BCUT2D eigenvalue weighted by atomic mass is 19.1. The minimum absolute atomic E-state index is 0.258. The summed E-state index contributed by atoms with van der Waals surface area (Å²) in [5.74, 6) is -1.18. The van der Waals surface area contributed by atoms with Crippen molar-refractivity contribution in [3.8, 4) is 0 Å². The standard InChI is InChI=1S/C26H20FNO3/c1-31-25(30)26-18(15-17-11-13-19(27)14-12-17)16-28(20-7-3-2-4-8-20)23(26)21-9-5-6-10-22(21)24(26)29/h2-15,23H,16H2,1H3/b18-15+/t23-,26+/m0/s1. The Morgan fingerprint density at radius 2 is 1.71 bits per heavy atom. The SMILES string of the molecule is COC(=O)[C@@]12C(=O)c3ccccc3[C@@H]1N(c1ccccc1)C/C2=C\c1ccc(F)cc1. The summed E-state index contributed by atoms with van der Waals surface area (Å²) in [5.41, 5.74) is 2.13. The van der Waals surface area contributed by atoms with Gasteiger partial charge in [0.25, 0.3) is 0 Å². The molecule has 0 N–H and O–H groups in total. The Morgan fingerprint density at radius 3 is 2.42 bits per heavy atom. The number of benzene rings is 3. The number of carbonyl (C=O) groups is 2. The fraction of sp³-hybridized carbons (Fsp3) is 0.154. The topological polar surface area (TPSA) is 46.6 Å². The molecule has 0 radical (unpaired) electrons. The second-order valence-electron chi connectivity index (χ2n) is 7.80. The Bertz CT molecular complexity index is 1200. The molecule has 0 bridgehead atoms. The quantitative estimate of drug-likeness (QED) is 0.456. The van der Waals surface area contributed by atoms with Gasteiger partial charge in [-0.05, 0) is 41.0 Å². The molecule has 1 fully saturated rings. The Kier molecular flexibility index (Phi) is 4.47. The first-order valence-corrected chi connectivity index (χ1v) is 10.1. The van der Waals surface area contributed by atoms with Gasteiger partial charge in [0, 0.05) is 17.8 Å². The van der Waals surface area contributed by atoms with Gasteiger partial charge >= 0.3 is 5.97 Å². The molecule has 0 saturated carbocycles. The highest BCUT2D eigenvalue weighted by Gasteiger charge is 2.67. The van der Waals surface area contributed by atoms with E-state index in [0.717, 1.165) is 16.8 Å². The number of ketones is 1. The lowest BCUT2D eigenvalue weighted by Crippen LogP contribution is -2.41. The smallest absolute Gasteiger partial charge is 0.326 e. The Labute approximate surface area is 179 Å². The third-order valence-electron chi connectivity index (χ3n) is 6.23. The molecule has 1 aliphatic carbocycles. The van der Waals surface area contributed by atoms with E-state index in [1.54, 1.807) is 24.3 Å². The molecule has 3 aromatic carbocycles. The molecule has 154 valence electrons. The molecule has 31 heavy (non-hydrogen) atoms. The predicted molar refractivity (Wildman–Crippen MR) is 116 cm³/mol. The summed E-state index contributed by atoms with van der Waals surface area (Å²) < 4.78 is 18.7. The lowest BCUT2D eigenvalue weighted by Gasteiger charge is -2.30. The summed E-state index contributed by atoms with van der Waals surface area (Å²) in [5, 5.41) is 0. The van der Waals surface area contributed by atoms with Crippen LogP contribution >= 0.6 is 0 Å². The van der Waals surface area contributed by atoms with Crippen LogP contribution in [0.15, 0.2) is 84.4 Å². The van der Waals surface area contributed by atoms with Gasteiger partial charge in [-0.15, -0.1) is 0 Å². The van der Waals surface area contributed by atoms with Crippen molar-refractivity contribution in [3.63, 3.8) is 0 Å². The summed E-state index contributed by atoms with van der Waals surface area (Å²) in [6.07, 6.45) is 1.82. The molecule has 2 aliphatic rings. The van der Waals surface area contributed by atoms with Crippen LogP contribution in [0, 0.1) is 11.2 Å². The monoisotopic (exact) mass is 413 g/mol. The molecule has 0 aromatic heterocycles. The van der Waals surface area contributed by atoms with Crippen molar-refractivity contribution in [2.75, 3.05) is 18.6 Å². The van der Waals surface area contributed by atoms with Crippen LogP contribution in [0.1, 0.15) is 27.5 Å². The van der Waals surface area contributed by atoms with Crippen LogP contribution in [-0.4, -0.2) is 25.4 Å². The van der Waals surface area contributed by atoms with Crippen LogP contribution in [-0.2, 0) is 9.53 Å². The number of carbonyl (C=O) groups excluding carboxylic acids is 2. The van der Waals surface area contributed by atoms with Crippen LogP contribution in [0.2, 0.25) is 0 Å². The van der Waals surface area contributed by atoms with Crippen molar-refractivity contribution < 1.29 is 18.7 Å². The number of hydrogen-bond donors (Lipinski definition) is 0. The first-order chi connectivity index (χ1) is 15.1. The zero-order chi connectivity index (χ0) is 21.6. The molecule has 5 rings (SSSR count). The molecular formula is C26H20FNO3. The summed E-state index contributed by atoms with van der Waals surface area (Å²) in [4.78, 5) is 29.2. The van der Waals surface area contributed by atoms with E-state index in [1.807, 2.05) is 48.5 Å². The van der Waals surface area contributed by atoms with Gasteiger partial charge in [-0.2, -0.15) is 0 Å². The predicted octanol–water partition coefficient (Wildman–Crippen LogP) is 4.83. The fourth-order valence-corrected chi connectivity index (χ4v) is 4.91. The lowest BCUT2D eigenvalue weighted by molar-refractivity contribution is -0.147. The van der Waals surface area contributed by atoms with Gasteiger partial charge in [0.1, 0.15) is 5.82 Å². The van der Waals surface area contributed by atoms with Crippen LogP contribution in [0.25, 0.3) is 6.08 Å². The number of halogens is 1. The third kappa shape index (κ3) is 2.73. The van der Waals surface area contributed by atoms with Gasteiger partial charge in [0.15, 0.2) is 11.2 Å². The zero-order valence-electron chi connectivity index (χ0n) is 16.9. The van der Waals surface area contributed by atoms with E-state index in [-0.39, 0.29) is 11.6 Å². The molecule has 5 heteroatoms. The fourth-order valence-electron chi connectivity index (χ4n) is 4.91. The minimum atomic E-state index is -1.48. The number of methoxy groups -OCH3 is 1. The van der Waals surface area contributed by atoms with E-state index >= 15 is 0 Å². The first kappa shape index (κ1) is 19.2. The number of Topliss-reactive ketones (excluding diaryl/α,β-unsaturated/α-hetero) is 1. The van der Waals surface area contributed by atoms with E-state index in [4.69, 9.17) is 4.74 Å². The number of rotatable bonds is 3. The van der Waals surface area contributed by atoms with E-state index < -0.39 is 17.4 Å². The number of nitrogens with zero attached hydrogens (tertiary/aromatic N) is 1. The van der Waals surface area contributed by atoms with Gasteiger partial charge in [0.05, 0.1) is 13.2 Å².